The zero-order valence-electron chi connectivity index (χ0n) is 19.9. The molecule has 2 aromatic carbocycles. The molecule has 0 atom stereocenters. The Morgan fingerprint density at radius 3 is 2.76 bits per heavy atom. The molecule has 5 rings (SSSR count). The normalized spacial score (nSPS) is 16.4. The van der Waals surface area contributed by atoms with Crippen molar-refractivity contribution in [3.63, 3.8) is 0 Å². The third-order valence-corrected chi connectivity index (χ3v) is 6.96. The molecule has 2 aliphatic rings. The highest BCUT2D eigenvalue weighted by Crippen LogP contribution is 2.35. The summed E-state index contributed by atoms with van der Waals surface area (Å²) < 4.78 is 12.1. The number of nitrogens with two attached hydrogens (primary N) is 1. The molecule has 0 fully saturated rings. The van der Waals surface area contributed by atoms with E-state index in [1.807, 2.05) is 12.1 Å². The van der Waals surface area contributed by atoms with Gasteiger partial charge in [-0.1, -0.05) is 17.7 Å². The first-order valence-corrected chi connectivity index (χ1v) is 11.9. The molecule has 178 valence electrons. The van der Waals surface area contributed by atoms with Gasteiger partial charge in [0.25, 0.3) is 5.88 Å². The van der Waals surface area contributed by atoms with Crippen molar-refractivity contribution in [3.05, 3.63) is 63.3 Å². The summed E-state index contributed by atoms with van der Waals surface area (Å²) in [4.78, 5) is 13.6. The molecule has 0 amide bonds. The van der Waals surface area contributed by atoms with Crippen LogP contribution in [0.5, 0.6) is 11.6 Å². The van der Waals surface area contributed by atoms with Gasteiger partial charge in [-0.15, -0.1) is 0 Å². The van der Waals surface area contributed by atoms with Crippen LogP contribution in [0.3, 0.4) is 0 Å². The summed E-state index contributed by atoms with van der Waals surface area (Å²) in [6, 6.07) is 8.28. The second kappa shape index (κ2) is 9.41. The lowest BCUT2D eigenvalue weighted by atomic mass is 9.92. The second-order valence-corrected chi connectivity index (χ2v) is 9.66. The first kappa shape index (κ1) is 22.9. The average Bonchev–Trinajstić information content (AvgIpc) is 3.00. The lowest BCUT2D eigenvalue weighted by molar-refractivity contribution is 0.249. The van der Waals surface area contributed by atoms with Crippen LogP contribution in [-0.2, 0) is 26.1 Å². The third kappa shape index (κ3) is 4.56. The highest BCUT2D eigenvalue weighted by molar-refractivity contribution is 6.31. The summed E-state index contributed by atoms with van der Waals surface area (Å²) in [6.07, 6.45) is 2.77. The van der Waals surface area contributed by atoms with Gasteiger partial charge in [0.1, 0.15) is 19.0 Å². The molecule has 1 aromatic heterocycles. The third-order valence-electron chi connectivity index (χ3n) is 6.61. The summed E-state index contributed by atoms with van der Waals surface area (Å²) in [6.45, 7) is 6.62. The number of rotatable bonds is 4. The van der Waals surface area contributed by atoms with Gasteiger partial charge in [-0.3, -0.25) is 4.90 Å². The van der Waals surface area contributed by atoms with E-state index in [-0.39, 0.29) is 12.4 Å². The Labute approximate surface area is 205 Å². The van der Waals surface area contributed by atoms with Crippen LogP contribution in [-0.4, -0.2) is 53.6 Å². The number of ether oxygens (including phenoxy) is 2. The summed E-state index contributed by atoms with van der Waals surface area (Å²) in [7, 11) is 4.22. The number of aromatic nitrogens is 2. The number of aryl methyl sites for hydroxylation is 1. The van der Waals surface area contributed by atoms with Gasteiger partial charge < -0.3 is 20.1 Å². The minimum absolute atomic E-state index is 0.196. The van der Waals surface area contributed by atoms with Crippen molar-refractivity contribution in [2.45, 2.75) is 33.0 Å². The van der Waals surface area contributed by atoms with E-state index in [9.17, 15) is 0 Å². The summed E-state index contributed by atoms with van der Waals surface area (Å²) >= 11 is 6.54. The molecule has 0 aliphatic carbocycles. The predicted molar refractivity (Wildman–Crippen MR) is 134 cm³/mol. The Morgan fingerprint density at radius 2 is 1.91 bits per heavy atom. The topological polar surface area (TPSA) is 76.7 Å². The monoisotopic (exact) mass is 479 g/mol. The Bertz CT molecular complexity index is 1230. The van der Waals surface area contributed by atoms with E-state index in [2.05, 4.69) is 47.9 Å². The fraction of sp³-hybridized carbons (Fsp3) is 0.385. The summed E-state index contributed by atoms with van der Waals surface area (Å²) in [5.74, 6) is 1.33. The Morgan fingerprint density at radius 1 is 1.12 bits per heavy atom. The molecule has 0 saturated carbocycles. The van der Waals surface area contributed by atoms with Gasteiger partial charge in [0, 0.05) is 37.3 Å². The summed E-state index contributed by atoms with van der Waals surface area (Å²) in [5, 5.41) is 0.598. The van der Waals surface area contributed by atoms with Gasteiger partial charge in [-0.05, 0) is 62.3 Å². The molecule has 34 heavy (non-hydrogen) atoms. The van der Waals surface area contributed by atoms with E-state index < -0.39 is 0 Å². The van der Waals surface area contributed by atoms with Crippen molar-refractivity contribution >= 4 is 17.4 Å². The number of anilines is 1. The number of likely N-dealkylation sites (N-methyl/N-ethyl adjacent to an activating group) is 2. The van der Waals surface area contributed by atoms with E-state index in [1.54, 1.807) is 6.20 Å². The van der Waals surface area contributed by atoms with Gasteiger partial charge in [0.2, 0.25) is 0 Å². The second-order valence-electron chi connectivity index (χ2n) is 9.25. The number of nitrogens with zero attached hydrogens (tertiary/aromatic N) is 4. The largest absolute Gasteiger partial charge is 0.491 e. The van der Waals surface area contributed by atoms with Gasteiger partial charge >= 0.3 is 0 Å². The van der Waals surface area contributed by atoms with Crippen molar-refractivity contribution in [2.24, 2.45) is 0 Å². The highest BCUT2D eigenvalue weighted by Gasteiger charge is 2.21. The highest BCUT2D eigenvalue weighted by atomic mass is 35.5. The lowest BCUT2D eigenvalue weighted by Gasteiger charge is -2.27. The molecule has 0 unspecified atom stereocenters. The molecule has 3 aromatic rings. The van der Waals surface area contributed by atoms with Gasteiger partial charge in [0.05, 0.1) is 22.5 Å². The van der Waals surface area contributed by atoms with E-state index in [4.69, 9.17) is 31.8 Å². The smallest absolute Gasteiger partial charge is 0.258 e. The van der Waals surface area contributed by atoms with Crippen molar-refractivity contribution in [1.82, 2.24) is 19.8 Å². The Hall–Kier alpha value is -2.87. The maximum absolute atomic E-state index is 6.54. The number of hydrogen-bond donors (Lipinski definition) is 1. The van der Waals surface area contributed by atoms with Crippen molar-refractivity contribution in [1.29, 1.82) is 0 Å². The average molecular weight is 480 g/mol. The molecular weight excluding hydrogens is 450 g/mol. The fourth-order valence-electron chi connectivity index (χ4n) is 4.74. The maximum Gasteiger partial charge on any atom is 0.258 e. The number of halogens is 1. The van der Waals surface area contributed by atoms with Crippen LogP contribution >= 0.6 is 11.6 Å². The van der Waals surface area contributed by atoms with E-state index in [0.29, 0.717) is 17.5 Å². The van der Waals surface area contributed by atoms with E-state index in [1.165, 1.54) is 16.7 Å². The molecular formula is C26H30ClN5O2. The molecule has 0 saturated heterocycles. The number of hydrogen-bond acceptors (Lipinski definition) is 7. The lowest BCUT2D eigenvalue weighted by Crippen LogP contribution is -2.27. The van der Waals surface area contributed by atoms with Crippen molar-refractivity contribution in [2.75, 3.05) is 39.5 Å². The molecule has 0 radical (unpaired) electrons. The minimum Gasteiger partial charge on any atom is -0.491 e. The van der Waals surface area contributed by atoms with Crippen LogP contribution in [0.2, 0.25) is 5.02 Å². The molecule has 2 aliphatic heterocycles. The zero-order valence-corrected chi connectivity index (χ0v) is 20.7. The Kier molecular flexibility index (Phi) is 6.34. The SMILES string of the molecule is Cc1cc(-c2cnc(N)c(OCc3c(Cl)ccc4c3OCCN(C)C4)n2)cc2c1CCN(C)C2. The van der Waals surface area contributed by atoms with Crippen molar-refractivity contribution in [3.8, 4) is 22.9 Å². The first-order valence-electron chi connectivity index (χ1n) is 11.6. The first-order chi connectivity index (χ1) is 16.4. The quantitative estimate of drug-likeness (QED) is 0.604. The predicted octanol–water partition coefficient (Wildman–Crippen LogP) is 4.08. The van der Waals surface area contributed by atoms with Crippen LogP contribution in [0, 0.1) is 6.92 Å². The van der Waals surface area contributed by atoms with Crippen LogP contribution < -0.4 is 15.2 Å². The molecule has 7 nitrogen and oxygen atoms in total. The molecule has 0 spiro atoms. The summed E-state index contributed by atoms with van der Waals surface area (Å²) in [5.41, 5.74) is 13.8. The van der Waals surface area contributed by atoms with E-state index >= 15 is 0 Å². The zero-order chi connectivity index (χ0) is 23.8. The number of benzene rings is 2. The maximum atomic E-state index is 6.54. The van der Waals surface area contributed by atoms with Crippen molar-refractivity contribution < 1.29 is 9.47 Å². The van der Waals surface area contributed by atoms with Gasteiger partial charge in [-0.2, -0.15) is 0 Å². The Balaban J connectivity index is 1.43. The van der Waals surface area contributed by atoms with Crippen LogP contribution in [0.4, 0.5) is 5.82 Å². The molecule has 0 bridgehead atoms. The number of nitrogen functional groups attached to an aromatic ring is 1. The van der Waals surface area contributed by atoms with Crippen LogP contribution in [0.25, 0.3) is 11.3 Å². The van der Waals surface area contributed by atoms with Crippen LogP contribution in [0.1, 0.15) is 27.8 Å². The molecule has 2 N–H and O–H groups in total. The number of fused-ring (bicyclic) bond motifs is 2. The van der Waals surface area contributed by atoms with Gasteiger partial charge in [0.15, 0.2) is 5.82 Å². The standard InChI is InChI=1S/C26H30ClN5O2/c1-16-10-18(11-19-14-31(2)7-6-20(16)19)23-12-29-25(28)26(30-23)34-15-21-22(27)5-4-17-13-32(3)8-9-33-24(17)21/h4-5,10-12H,6-9,13-15H2,1-3H3,(H2,28,29). The van der Waals surface area contributed by atoms with Gasteiger partial charge in [-0.25, -0.2) is 9.97 Å². The van der Waals surface area contributed by atoms with E-state index in [0.717, 1.165) is 60.7 Å². The molecule has 8 heteroatoms. The fourth-order valence-corrected chi connectivity index (χ4v) is 4.94. The molecule has 3 heterocycles. The van der Waals surface area contributed by atoms with Crippen LogP contribution in [0.15, 0.2) is 30.5 Å². The minimum atomic E-state index is 0.196.